The third kappa shape index (κ3) is 2.90. The lowest BCUT2D eigenvalue weighted by Gasteiger charge is -2.09. The minimum Gasteiger partial charge on any atom is -0.321 e. The van der Waals surface area contributed by atoms with Crippen LogP contribution in [-0.2, 0) is 0 Å². The smallest absolute Gasteiger partial charge is 0.255 e. The van der Waals surface area contributed by atoms with Crippen molar-refractivity contribution in [1.82, 2.24) is 9.38 Å². The van der Waals surface area contributed by atoms with Crippen LogP contribution in [0, 0.1) is 6.92 Å². The molecule has 7 heteroatoms. The Hall–Kier alpha value is -1.75. The predicted molar refractivity (Wildman–Crippen MR) is 89.4 cm³/mol. The first kappa shape index (κ1) is 15.2. The van der Waals surface area contributed by atoms with E-state index in [1.54, 1.807) is 18.3 Å². The molecule has 0 unspecified atom stereocenters. The molecule has 3 aromatic rings. The largest absolute Gasteiger partial charge is 0.321 e. The van der Waals surface area contributed by atoms with Gasteiger partial charge in [0.1, 0.15) is 5.65 Å². The summed E-state index contributed by atoms with van der Waals surface area (Å²) in [6, 6.07) is 6.41. The molecule has 0 aliphatic rings. The maximum absolute atomic E-state index is 12.3. The molecule has 0 saturated carbocycles. The van der Waals surface area contributed by atoms with Crippen LogP contribution in [0.25, 0.3) is 5.65 Å². The van der Waals surface area contributed by atoms with E-state index in [2.05, 4.69) is 10.3 Å². The molecule has 0 aliphatic heterocycles. The second kappa shape index (κ2) is 5.80. The van der Waals surface area contributed by atoms with Gasteiger partial charge < -0.3 is 9.72 Å². The molecule has 0 atom stereocenters. The van der Waals surface area contributed by atoms with Gasteiger partial charge in [0.15, 0.2) is 0 Å². The fourth-order valence-corrected chi connectivity index (χ4v) is 2.66. The minimum atomic E-state index is -0.302. The van der Waals surface area contributed by atoms with Crippen molar-refractivity contribution in [2.45, 2.75) is 6.92 Å². The quantitative estimate of drug-likeness (QED) is 0.668. The van der Waals surface area contributed by atoms with Gasteiger partial charge in [-0.3, -0.25) is 4.79 Å². The number of aromatic nitrogens is 2. The van der Waals surface area contributed by atoms with E-state index in [-0.39, 0.29) is 5.91 Å². The SMILES string of the molecule is Cc1cn2ccc(C(=O)Nc3cc(Cl)c(Cl)cc3Cl)cc2n1. The molecule has 1 amide bonds. The number of imidazole rings is 1. The summed E-state index contributed by atoms with van der Waals surface area (Å²) in [5.74, 6) is -0.302. The van der Waals surface area contributed by atoms with Gasteiger partial charge in [-0.05, 0) is 31.2 Å². The van der Waals surface area contributed by atoms with Crippen LogP contribution in [0.15, 0.2) is 36.7 Å². The van der Waals surface area contributed by atoms with Gasteiger partial charge in [0.25, 0.3) is 5.91 Å². The van der Waals surface area contributed by atoms with E-state index in [4.69, 9.17) is 34.8 Å². The van der Waals surface area contributed by atoms with Crippen LogP contribution in [0.1, 0.15) is 16.1 Å². The summed E-state index contributed by atoms with van der Waals surface area (Å²) in [5, 5.41) is 3.69. The number of benzene rings is 1. The Bertz CT molecular complexity index is 889. The van der Waals surface area contributed by atoms with Crippen molar-refractivity contribution in [3.8, 4) is 0 Å². The molecule has 0 saturated heterocycles. The molecule has 2 aromatic heterocycles. The molecular formula is C15H10Cl3N3O. The Morgan fingerprint density at radius 3 is 2.64 bits per heavy atom. The molecule has 22 heavy (non-hydrogen) atoms. The summed E-state index contributed by atoms with van der Waals surface area (Å²) < 4.78 is 1.85. The number of amides is 1. The summed E-state index contributed by atoms with van der Waals surface area (Å²) >= 11 is 17.9. The molecule has 0 bridgehead atoms. The second-order valence-corrected chi connectivity index (χ2v) is 5.99. The number of hydrogen-bond donors (Lipinski definition) is 1. The first-order valence-electron chi connectivity index (χ1n) is 6.35. The maximum atomic E-state index is 12.3. The van der Waals surface area contributed by atoms with Crippen LogP contribution in [0.3, 0.4) is 0 Å². The molecule has 0 aliphatic carbocycles. The summed E-state index contributed by atoms with van der Waals surface area (Å²) in [6.07, 6.45) is 3.66. The highest BCUT2D eigenvalue weighted by atomic mass is 35.5. The lowest BCUT2D eigenvalue weighted by Crippen LogP contribution is -2.12. The van der Waals surface area contributed by atoms with Gasteiger partial charge in [-0.2, -0.15) is 0 Å². The van der Waals surface area contributed by atoms with Gasteiger partial charge in [-0.25, -0.2) is 4.98 Å². The van der Waals surface area contributed by atoms with Crippen molar-refractivity contribution in [2.24, 2.45) is 0 Å². The Kier molecular flexibility index (Phi) is 4.00. The van der Waals surface area contributed by atoms with E-state index in [1.807, 2.05) is 17.5 Å². The average molecular weight is 355 g/mol. The normalized spacial score (nSPS) is 10.9. The summed E-state index contributed by atoms with van der Waals surface area (Å²) in [6.45, 7) is 1.89. The number of fused-ring (bicyclic) bond motifs is 1. The van der Waals surface area contributed by atoms with E-state index in [0.29, 0.717) is 32.0 Å². The maximum Gasteiger partial charge on any atom is 0.255 e. The molecule has 112 valence electrons. The fourth-order valence-electron chi connectivity index (χ4n) is 2.06. The Morgan fingerprint density at radius 1 is 1.14 bits per heavy atom. The lowest BCUT2D eigenvalue weighted by atomic mass is 10.2. The topological polar surface area (TPSA) is 46.4 Å². The van der Waals surface area contributed by atoms with E-state index in [9.17, 15) is 4.79 Å². The monoisotopic (exact) mass is 353 g/mol. The Morgan fingerprint density at radius 2 is 1.86 bits per heavy atom. The number of pyridine rings is 1. The summed E-state index contributed by atoms with van der Waals surface area (Å²) in [4.78, 5) is 16.7. The Labute approximate surface area is 141 Å². The number of halogens is 3. The van der Waals surface area contributed by atoms with E-state index in [0.717, 1.165) is 5.69 Å². The van der Waals surface area contributed by atoms with Crippen molar-refractivity contribution in [1.29, 1.82) is 0 Å². The standard InChI is InChI=1S/C15H10Cl3N3O/c1-8-7-21-3-2-9(4-14(21)19-8)15(22)20-13-6-11(17)10(16)5-12(13)18/h2-7H,1H3,(H,20,22). The second-order valence-electron chi connectivity index (χ2n) is 4.76. The number of carbonyl (C=O) groups excluding carboxylic acids is 1. The Balaban J connectivity index is 1.91. The molecule has 0 spiro atoms. The number of hydrogen-bond acceptors (Lipinski definition) is 2. The first-order valence-corrected chi connectivity index (χ1v) is 7.48. The number of aryl methyl sites for hydroxylation is 1. The van der Waals surface area contributed by atoms with Gasteiger partial charge in [0, 0.05) is 18.0 Å². The molecular weight excluding hydrogens is 345 g/mol. The lowest BCUT2D eigenvalue weighted by molar-refractivity contribution is 0.102. The van der Waals surface area contributed by atoms with Gasteiger partial charge in [-0.1, -0.05) is 34.8 Å². The fraction of sp³-hybridized carbons (Fsp3) is 0.0667. The molecule has 1 aromatic carbocycles. The highest BCUT2D eigenvalue weighted by molar-refractivity contribution is 6.44. The summed E-state index contributed by atoms with van der Waals surface area (Å²) in [5.41, 5.74) is 2.45. The molecule has 2 heterocycles. The zero-order valence-corrected chi connectivity index (χ0v) is 13.7. The van der Waals surface area contributed by atoms with Crippen LogP contribution in [0.2, 0.25) is 15.1 Å². The van der Waals surface area contributed by atoms with Crippen LogP contribution in [-0.4, -0.2) is 15.3 Å². The third-order valence-corrected chi connectivity index (χ3v) is 4.14. The minimum absolute atomic E-state index is 0.302. The number of carbonyl (C=O) groups is 1. The molecule has 1 N–H and O–H groups in total. The van der Waals surface area contributed by atoms with Gasteiger partial charge >= 0.3 is 0 Å². The van der Waals surface area contributed by atoms with E-state index in [1.165, 1.54) is 12.1 Å². The van der Waals surface area contributed by atoms with Crippen molar-refractivity contribution in [3.63, 3.8) is 0 Å². The van der Waals surface area contributed by atoms with E-state index < -0.39 is 0 Å². The number of nitrogens with one attached hydrogen (secondary N) is 1. The predicted octanol–water partition coefficient (Wildman–Crippen LogP) is 4.86. The van der Waals surface area contributed by atoms with Gasteiger partial charge in [-0.15, -0.1) is 0 Å². The average Bonchev–Trinajstić information content (AvgIpc) is 2.83. The van der Waals surface area contributed by atoms with Crippen LogP contribution in [0.5, 0.6) is 0 Å². The van der Waals surface area contributed by atoms with Gasteiger partial charge in [0.2, 0.25) is 0 Å². The number of nitrogens with zero attached hydrogens (tertiary/aromatic N) is 2. The third-order valence-electron chi connectivity index (χ3n) is 3.10. The highest BCUT2D eigenvalue weighted by Gasteiger charge is 2.12. The first-order chi connectivity index (χ1) is 10.4. The zero-order chi connectivity index (χ0) is 15.9. The summed E-state index contributed by atoms with van der Waals surface area (Å²) in [7, 11) is 0. The molecule has 4 nitrogen and oxygen atoms in total. The van der Waals surface area contributed by atoms with Crippen LogP contribution in [0.4, 0.5) is 5.69 Å². The number of anilines is 1. The van der Waals surface area contributed by atoms with Crippen LogP contribution >= 0.6 is 34.8 Å². The van der Waals surface area contributed by atoms with Crippen molar-refractivity contribution in [3.05, 3.63) is 63.0 Å². The van der Waals surface area contributed by atoms with E-state index >= 15 is 0 Å². The zero-order valence-electron chi connectivity index (χ0n) is 11.4. The molecule has 0 fully saturated rings. The van der Waals surface area contributed by atoms with Crippen molar-refractivity contribution < 1.29 is 4.79 Å². The van der Waals surface area contributed by atoms with Crippen molar-refractivity contribution >= 4 is 52.0 Å². The molecule has 3 rings (SSSR count). The van der Waals surface area contributed by atoms with Crippen LogP contribution < -0.4 is 5.32 Å². The van der Waals surface area contributed by atoms with Gasteiger partial charge in [0.05, 0.1) is 26.4 Å². The highest BCUT2D eigenvalue weighted by Crippen LogP contribution is 2.32. The molecule has 0 radical (unpaired) electrons. The number of rotatable bonds is 2. The van der Waals surface area contributed by atoms with Crippen molar-refractivity contribution in [2.75, 3.05) is 5.32 Å².